The zero-order valence-electron chi connectivity index (χ0n) is 10.6. The quantitative estimate of drug-likeness (QED) is 0.828. The van der Waals surface area contributed by atoms with Gasteiger partial charge in [0.2, 0.25) is 0 Å². The van der Waals surface area contributed by atoms with Crippen molar-refractivity contribution in [3.8, 4) is 0 Å². The Morgan fingerprint density at radius 3 is 2.41 bits per heavy atom. The summed E-state index contributed by atoms with van der Waals surface area (Å²) in [4.78, 5) is 1.22. The van der Waals surface area contributed by atoms with E-state index in [0.29, 0.717) is 6.42 Å². The first-order valence-electron chi connectivity index (χ1n) is 5.58. The molecule has 0 heterocycles. The normalized spacial score (nSPS) is 13.0. The van der Waals surface area contributed by atoms with Crippen LogP contribution in [0.2, 0.25) is 0 Å². The van der Waals surface area contributed by atoms with Crippen LogP contribution in [0.3, 0.4) is 0 Å². The minimum atomic E-state index is -0.0731. The first-order chi connectivity index (χ1) is 7.44. The summed E-state index contributed by atoms with van der Waals surface area (Å²) in [6.07, 6.45) is 0.613. The van der Waals surface area contributed by atoms with E-state index in [0.717, 1.165) is 5.56 Å². The van der Waals surface area contributed by atoms with E-state index in [9.17, 15) is 0 Å². The number of aliphatic hydroxyl groups is 1. The van der Waals surface area contributed by atoms with Gasteiger partial charge in [0.1, 0.15) is 0 Å². The number of thioether (sulfide) groups is 1. The number of hydrogen-bond acceptors (Lipinski definition) is 3. The molecule has 0 aromatic heterocycles. The van der Waals surface area contributed by atoms with E-state index < -0.39 is 0 Å². The molecule has 0 bridgehead atoms. The van der Waals surface area contributed by atoms with Crippen molar-refractivity contribution in [3.63, 3.8) is 0 Å². The summed E-state index contributed by atoms with van der Waals surface area (Å²) < 4.78 is 0.176. The van der Waals surface area contributed by atoms with Gasteiger partial charge in [-0.1, -0.05) is 39.0 Å². The number of nitrogens with two attached hydrogens (primary N) is 1. The fourth-order valence-electron chi connectivity index (χ4n) is 1.50. The second kappa shape index (κ2) is 7.27. The van der Waals surface area contributed by atoms with Gasteiger partial charge < -0.3 is 10.8 Å². The van der Waals surface area contributed by atoms with Crippen LogP contribution in [0.15, 0.2) is 29.2 Å². The van der Waals surface area contributed by atoms with Crippen molar-refractivity contribution in [1.82, 2.24) is 0 Å². The van der Waals surface area contributed by atoms with Crippen molar-refractivity contribution in [3.05, 3.63) is 29.8 Å². The minimum absolute atomic E-state index is 0. The van der Waals surface area contributed by atoms with Gasteiger partial charge in [-0.15, -0.1) is 24.2 Å². The highest BCUT2D eigenvalue weighted by Gasteiger charge is 2.17. The van der Waals surface area contributed by atoms with E-state index in [1.807, 2.05) is 23.9 Å². The molecule has 2 nitrogen and oxygen atoms in total. The molecule has 98 valence electrons. The van der Waals surface area contributed by atoms with Crippen molar-refractivity contribution < 1.29 is 5.11 Å². The molecule has 3 N–H and O–H groups in total. The Morgan fingerprint density at radius 1 is 1.29 bits per heavy atom. The van der Waals surface area contributed by atoms with E-state index in [2.05, 4.69) is 32.9 Å². The summed E-state index contributed by atoms with van der Waals surface area (Å²) >= 11 is 1.82. The van der Waals surface area contributed by atoms with Gasteiger partial charge in [-0.05, 0) is 18.1 Å². The number of hydrogen-bond donors (Lipinski definition) is 2. The molecule has 0 aliphatic heterocycles. The minimum Gasteiger partial charge on any atom is -0.396 e. The lowest BCUT2D eigenvalue weighted by atomic mass is 10.1. The Bertz CT molecular complexity index is 338. The Hall–Kier alpha value is -0.220. The predicted molar refractivity (Wildman–Crippen MR) is 77.9 cm³/mol. The second-order valence-electron chi connectivity index (χ2n) is 4.87. The van der Waals surface area contributed by atoms with Crippen molar-refractivity contribution in [2.75, 3.05) is 6.61 Å². The average molecular weight is 276 g/mol. The van der Waals surface area contributed by atoms with Gasteiger partial charge in [0.15, 0.2) is 0 Å². The average Bonchev–Trinajstić information content (AvgIpc) is 2.16. The molecule has 0 aliphatic carbocycles. The van der Waals surface area contributed by atoms with Crippen LogP contribution in [0, 0.1) is 0 Å². The standard InChI is InChI=1S/C13H21NOS.ClH/c1-13(2,3)16-12-7-5-4-6-10(12)11(14)8-9-15;/h4-7,11,15H,8-9,14H2,1-3H3;1H/t11-;/m0./s1. The molecule has 0 aliphatic rings. The lowest BCUT2D eigenvalue weighted by molar-refractivity contribution is 0.276. The Balaban J connectivity index is 0.00000256. The Morgan fingerprint density at radius 2 is 1.88 bits per heavy atom. The molecule has 1 aromatic rings. The van der Waals surface area contributed by atoms with Crippen LogP contribution in [0.4, 0.5) is 0 Å². The number of rotatable bonds is 4. The first-order valence-corrected chi connectivity index (χ1v) is 6.40. The van der Waals surface area contributed by atoms with Crippen LogP contribution in [0.1, 0.15) is 38.8 Å². The van der Waals surface area contributed by atoms with Gasteiger partial charge >= 0.3 is 0 Å². The summed E-state index contributed by atoms with van der Waals surface area (Å²) in [5.74, 6) is 0. The van der Waals surface area contributed by atoms with E-state index in [4.69, 9.17) is 10.8 Å². The van der Waals surface area contributed by atoms with Crippen LogP contribution >= 0.6 is 24.2 Å². The molecule has 0 amide bonds. The molecule has 1 atom stereocenters. The molecule has 0 saturated heterocycles. The van der Waals surface area contributed by atoms with Crippen molar-refractivity contribution in [2.45, 2.75) is 42.9 Å². The third kappa shape index (κ3) is 5.77. The molecule has 17 heavy (non-hydrogen) atoms. The molecule has 4 heteroatoms. The molecule has 1 aromatic carbocycles. The molecule has 0 radical (unpaired) electrons. The van der Waals surface area contributed by atoms with Gasteiger partial charge in [-0.2, -0.15) is 0 Å². The van der Waals surface area contributed by atoms with Crippen LogP contribution in [-0.4, -0.2) is 16.5 Å². The first kappa shape index (κ1) is 16.8. The zero-order valence-corrected chi connectivity index (χ0v) is 12.3. The van der Waals surface area contributed by atoms with Crippen LogP contribution < -0.4 is 5.73 Å². The summed E-state index contributed by atoms with van der Waals surface area (Å²) in [7, 11) is 0. The molecule has 1 rings (SSSR count). The predicted octanol–water partition coefficient (Wildman–Crippen LogP) is 3.38. The second-order valence-corrected chi connectivity index (χ2v) is 6.74. The molecular formula is C13H22ClNOS. The third-order valence-electron chi connectivity index (χ3n) is 2.17. The van der Waals surface area contributed by atoms with E-state index in [-0.39, 0.29) is 29.8 Å². The highest BCUT2D eigenvalue weighted by molar-refractivity contribution is 8.00. The lowest BCUT2D eigenvalue weighted by Gasteiger charge is -2.22. The van der Waals surface area contributed by atoms with Gasteiger partial charge in [-0.3, -0.25) is 0 Å². The maximum absolute atomic E-state index is 8.93. The highest BCUT2D eigenvalue weighted by atomic mass is 35.5. The van der Waals surface area contributed by atoms with Gasteiger partial charge in [0.25, 0.3) is 0 Å². The molecular weight excluding hydrogens is 254 g/mol. The molecule has 0 unspecified atom stereocenters. The van der Waals surface area contributed by atoms with Crippen LogP contribution in [0.5, 0.6) is 0 Å². The Labute approximate surface area is 114 Å². The van der Waals surface area contributed by atoms with E-state index in [1.165, 1.54) is 4.90 Å². The Kier molecular flexibility index (Phi) is 7.17. The number of aliphatic hydroxyl groups excluding tert-OH is 1. The topological polar surface area (TPSA) is 46.2 Å². The fraction of sp³-hybridized carbons (Fsp3) is 0.538. The number of halogens is 1. The zero-order chi connectivity index (χ0) is 12.2. The lowest BCUT2D eigenvalue weighted by Crippen LogP contribution is -2.14. The molecule has 0 saturated carbocycles. The van der Waals surface area contributed by atoms with Crippen LogP contribution in [0.25, 0.3) is 0 Å². The monoisotopic (exact) mass is 275 g/mol. The summed E-state index contributed by atoms with van der Waals surface area (Å²) in [6.45, 7) is 6.69. The van der Waals surface area contributed by atoms with Crippen molar-refractivity contribution >= 4 is 24.2 Å². The van der Waals surface area contributed by atoms with Crippen LogP contribution in [-0.2, 0) is 0 Å². The number of benzene rings is 1. The fourth-order valence-corrected chi connectivity index (χ4v) is 2.65. The smallest absolute Gasteiger partial charge is 0.0449 e. The van der Waals surface area contributed by atoms with E-state index >= 15 is 0 Å². The molecule has 0 fully saturated rings. The maximum Gasteiger partial charge on any atom is 0.0449 e. The van der Waals surface area contributed by atoms with Crippen molar-refractivity contribution in [1.29, 1.82) is 0 Å². The highest BCUT2D eigenvalue weighted by Crippen LogP contribution is 2.36. The van der Waals surface area contributed by atoms with Gasteiger partial charge in [-0.25, -0.2) is 0 Å². The summed E-state index contributed by atoms with van der Waals surface area (Å²) in [5.41, 5.74) is 7.19. The van der Waals surface area contributed by atoms with Gasteiger partial charge in [0, 0.05) is 22.3 Å². The molecule has 0 spiro atoms. The van der Waals surface area contributed by atoms with Gasteiger partial charge in [0.05, 0.1) is 0 Å². The third-order valence-corrected chi connectivity index (χ3v) is 3.38. The van der Waals surface area contributed by atoms with E-state index in [1.54, 1.807) is 0 Å². The summed E-state index contributed by atoms with van der Waals surface area (Å²) in [5, 5.41) is 8.93. The van der Waals surface area contributed by atoms with Crippen molar-refractivity contribution in [2.24, 2.45) is 5.73 Å². The maximum atomic E-state index is 8.93. The SMILES string of the molecule is CC(C)(C)Sc1ccccc1[C@@H](N)CCO.Cl. The largest absolute Gasteiger partial charge is 0.396 e. The summed E-state index contributed by atoms with van der Waals surface area (Å²) in [6, 6.07) is 8.11.